The van der Waals surface area contributed by atoms with Crippen molar-refractivity contribution in [3.63, 3.8) is 0 Å². The minimum Gasteiger partial charge on any atom is -0.381 e. The fraction of sp³-hybridized carbons (Fsp3) is 0.250. The molecule has 1 heterocycles. The van der Waals surface area contributed by atoms with Crippen LogP contribution in [0.25, 0.3) is 0 Å². The minimum atomic E-state index is -1.10. The van der Waals surface area contributed by atoms with Crippen LogP contribution in [0.1, 0.15) is 17.4 Å². The summed E-state index contributed by atoms with van der Waals surface area (Å²) in [5, 5.41) is 17.4. The number of aliphatic hydroxyl groups excluding tert-OH is 1. The molecule has 5 nitrogen and oxygen atoms in total. The van der Waals surface area contributed by atoms with Crippen molar-refractivity contribution in [2.45, 2.75) is 12.5 Å². The first-order valence-electron chi connectivity index (χ1n) is 5.28. The average molecular weight is 231 g/mol. The van der Waals surface area contributed by atoms with Gasteiger partial charge in [0.1, 0.15) is 6.10 Å². The molecule has 17 heavy (non-hydrogen) atoms. The van der Waals surface area contributed by atoms with Gasteiger partial charge in [0.15, 0.2) is 5.78 Å². The lowest BCUT2D eigenvalue weighted by Gasteiger charge is -2.08. The Bertz CT molecular complexity index is 507. The predicted molar refractivity (Wildman–Crippen MR) is 61.1 cm³/mol. The maximum Gasteiger partial charge on any atom is 0.171 e. The maximum absolute atomic E-state index is 11.8. The summed E-state index contributed by atoms with van der Waals surface area (Å²) >= 11 is 0. The van der Waals surface area contributed by atoms with Gasteiger partial charge in [-0.15, -0.1) is 5.10 Å². The van der Waals surface area contributed by atoms with Gasteiger partial charge in [0, 0.05) is 13.2 Å². The van der Waals surface area contributed by atoms with E-state index in [0.717, 1.165) is 0 Å². The molecule has 0 spiro atoms. The van der Waals surface area contributed by atoms with E-state index in [9.17, 15) is 9.90 Å². The van der Waals surface area contributed by atoms with Crippen LogP contribution in [0.4, 0.5) is 0 Å². The molecule has 2 aromatic rings. The smallest absolute Gasteiger partial charge is 0.171 e. The summed E-state index contributed by atoms with van der Waals surface area (Å²) in [6.07, 6.45) is 0.651. The summed E-state index contributed by atoms with van der Waals surface area (Å²) in [6, 6.07) is 8.85. The van der Waals surface area contributed by atoms with Gasteiger partial charge in [-0.2, -0.15) is 0 Å². The second kappa shape index (κ2) is 4.88. The topological polar surface area (TPSA) is 68.0 Å². The Hall–Kier alpha value is -2.01. The van der Waals surface area contributed by atoms with Gasteiger partial charge in [-0.25, -0.2) is 0 Å². The van der Waals surface area contributed by atoms with Crippen LogP contribution in [0.15, 0.2) is 36.5 Å². The number of benzene rings is 1. The van der Waals surface area contributed by atoms with E-state index in [-0.39, 0.29) is 12.2 Å². The number of aryl methyl sites for hydroxylation is 1. The molecule has 1 aromatic heterocycles. The zero-order chi connectivity index (χ0) is 12.3. The molecule has 1 N–H and O–H groups in total. The molecule has 0 aliphatic rings. The number of hydrogen-bond donors (Lipinski definition) is 1. The van der Waals surface area contributed by atoms with Crippen LogP contribution in [-0.2, 0) is 18.3 Å². The van der Waals surface area contributed by atoms with Crippen molar-refractivity contribution in [3.8, 4) is 0 Å². The molecule has 88 valence electrons. The van der Waals surface area contributed by atoms with E-state index in [1.165, 1.54) is 4.68 Å². The van der Waals surface area contributed by atoms with E-state index < -0.39 is 6.10 Å². The Morgan fingerprint density at radius 3 is 2.71 bits per heavy atom. The highest BCUT2D eigenvalue weighted by Gasteiger charge is 2.18. The van der Waals surface area contributed by atoms with Crippen LogP contribution >= 0.6 is 0 Å². The van der Waals surface area contributed by atoms with Crippen molar-refractivity contribution in [3.05, 3.63) is 47.8 Å². The maximum atomic E-state index is 11.8. The summed E-state index contributed by atoms with van der Waals surface area (Å²) < 4.78 is 1.53. The number of carbonyl (C=O) groups is 1. The van der Waals surface area contributed by atoms with Gasteiger partial charge in [0.25, 0.3) is 0 Å². The van der Waals surface area contributed by atoms with E-state index >= 15 is 0 Å². The SMILES string of the molecule is Cn1cc(CC(=O)C(O)c2ccccc2)nn1. The highest BCUT2D eigenvalue weighted by Crippen LogP contribution is 2.14. The zero-order valence-corrected chi connectivity index (χ0v) is 9.45. The fourth-order valence-corrected chi connectivity index (χ4v) is 1.57. The number of Topliss-reactive ketones (excluding diaryl/α,β-unsaturated/α-hetero) is 1. The predicted octanol–water partition coefficient (Wildman–Crippen LogP) is 0.660. The molecule has 1 atom stereocenters. The Morgan fingerprint density at radius 2 is 2.12 bits per heavy atom. The van der Waals surface area contributed by atoms with Crippen molar-refractivity contribution in [1.82, 2.24) is 15.0 Å². The highest BCUT2D eigenvalue weighted by atomic mass is 16.3. The van der Waals surface area contributed by atoms with Crippen molar-refractivity contribution in [2.24, 2.45) is 7.05 Å². The Morgan fingerprint density at radius 1 is 1.41 bits per heavy atom. The van der Waals surface area contributed by atoms with E-state index in [1.807, 2.05) is 6.07 Å². The minimum absolute atomic E-state index is 0.0872. The molecule has 0 bridgehead atoms. The number of nitrogens with zero attached hydrogens (tertiary/aromatic N) is 3. The van der Waals surface area contributed by atoms with Crippen LogP contribution in [0.5, 0.6) is 0 Å². The molecule has 0 radical (unpaired) electrons. The lowest BCUT2D eigenvalue weighted by atomic mass is 10.0. The van der Waals surface area contributed by atoms with Gasteiger partial charge in [0.2, 0.25) is 0 Å². The highest BCUT2D eigenvalue weighted by molar-refractivity contribution is 5.85. The zero-order valence-electron chi connectivity index (χ0n) is 9.45. The molecule has 5 heteroatoms. The largest absolute Gasteiger partial charge is 0.381 e. The van der Waals surface area contributed by atoms with Gasteiger partial charge in [-0.1, -0.05) is 35.5 Å². The lowest BCUT2D eigenvalue weighted by Crippen LogP contribution is -2.14. The molecular weight excluding hydrogens is 218 g/mol. The number of ketones is 1. The summed E-state index contributed by atoms with van der Waals surface area (Å²) in [5.74, 6) is -0.281. The van der Waals surface area contributed by atoms with Gasteiger partial charge in [-0.05, 0) is 5.56 Å². The van der Waals surface area contributed by atoms with Crippen LogP contribution < -0.4 is 0 Å². The molecule has 0 amide bonds. The number of aliphatic hydroxyl groups is 1. The van der Waals surface area contributed by atoms with E-state index in [4.69, 9.17) is 0 Å². The van der Waals surface area contributed by atoms with Gasteiger partial charge >= 0.3 is 0 Å². The third kappa shape index (κ3) is 2.76. The molecule has 0 fully saturated rings. The molecule has 0 saturated carbocycles. The van der Waals surface area contributed by atoms with E-state index in [1.54, 1.807) is 37.5 Å². The average Bonchev–Trinajstić information content (AvgIpc) is 2.75. The Kier molecular flexibility index (Phi) is 3.30. The fourth-order valence-electron chi connectivity index (χ4n) is 1.57. The molecule has 1 unspecified atom stereocenters. The van der Waals surface area contributed by atoms with Gasteiger partial charge in [-0.3, -0.25) is 9.48 Å². The first-order valence-corrected chi connectivity index (χ1v) is 5.28. The Labute approximate surface area is 98.7 Å². The van der Waals surface area contributed by atoms with Gasteiger partial charge < -0.3 is 5.11 Å². The van der Waals surface area contributed by atoms with Crippen molar-refractivity contribution in [2.75, 3.05) is 0 Å². The molecule has 0 aliphatic heterocycles. The van der Waals surface area contributed by atoms with Crippen molar-refractivity contribution in [1.29, 1.82) is 0 Å². The van der Waals surface area contributed by atoms with Crippen molar-refractivity contribution < 1.29 is 9.90 Å². The molecule has 2 rings (SSSR count). The standard InChI is InChI=1S/C12H13N3O2/c1-15-8-10(13-14-15)7-11(16)12(17)9-5-3-2-4-6-9/h2-6,8,12,17H,7H2,1H3. The molecular formula is C12H13N3O2. The molecule has 0 saturated heterocycles. The van der Waals surface area contributed by atoms with E-state index in [2.05, 4.69) is 10.3 Å². The van der Waals surface area contributed by atoms with E-state index in [0.29, 0.717) is 11.3 Å². The lowest BCUT2D eigenvalue weighted by molar-refractivity contribution is -0.126. The molecule has 0 aliphatic carbocycles. The second-order valence-corrected chi connectivity index (χ2v) is 3.84. The normalized spacial score (nSPS) is 12.4. The number of hydrogen-bond acceptors (Lipinski definition) is 4. The number of carbonyl (C=O) groups excluding carboxylic acids is 1. The quantitative estimate of drug-likeness (QED) is 0.839. The first-order chi connectivity index (χ1) is 8.16. The van der Waals surface area contributed by atoms with Gasteiger partial charge in [0.05, 0.1) is 12.1 Å². The van der Waals surface area contributed by atoms with Crippen LogP contribution in [0, 0.1) is 0 Å². The Balaban J connectivity index is 2.06. The number of rotatable bonds is 4. The third-order valence-corrected chi connectivity index (χ3v) is 2.43. The van der Waals surface area contributed by atoms with Crippen molar-refractivity contribution >= 4 is 5.78 Å². The number of aromatic nitrogens is 3. The van der Waals surface area contributed by atoms with Crippen LogP contribution in [0.3, 0.4) is 0 Å². The van der Waals surface area contributed by atoms with Crippen LogP contribution in [0.2, 0.25) is 0 Å². The monoisotopic (exact) mass is 231 g/mol. The third-order valence-electron chi connectivity index (χ3n) is 2.43. The second-order valence-electron chi connectivity index (χ2n) is 3.84. The summed E-state index contributed by atoms with van der Waals surface area (Å²) in [6.45, 7) is 0. The summed E-state index contributed by atoms with van der Waals surface area (Å²) in [5.41, 5.74) is 1.16. The summed E-state index contributed by atoms with van der Waals surface area (Å²) in [4.78, 5) is 11.8. The first kappa shape index (κ1) is 11.5. The molecule has 1 aromatic carbocycles. The summed E-state index contributed by atoms with van der Waals surface area (Å²) in [7, 11) is 1.73. The van der Waals surface area contributed by atoms with Crippen LogP contribution in [-0.4, -0.2) is 25.9 Å².